The van der Waals surface area contributed by atoms with Crippen LogP contribution in [-0.2, 0) is 0 Å². The van der Waals surface area contributed by atoms with E-state index in [2.05, 4.69) is 20.5 Å². The van der Waals surface area contributed by atoms with Crippen molar-refractivity contribution in [1.82, 2.24) is 9.88 Å². The lowest BCUT2D eigenvalue weighted by molar-refractivity contribution is 0.103. The first-order chi connectivity index (χ1) is 9.65. The number of hydrogen-bond donors (Lipinski definition) is 2. The third kappa shape index (κ3) is 4.32. The van der Waals surface area contributed by atoms with E-state index in [9.17, 15) is 4.79 Å². The molecule has 2 aromatic heterocycles. The molecule has 20 heavy (non-hydrogen) atoms. The van der Waals surface area contributed by atoms with Gasteiger partial charge in [-0.3, -0.25) is 4.79 Å². The van der Waals surface area contributed by atoms with Gasteiger partial charge in [0.25, 0.3) is 5.91 Å². The Hall–Kier alpha value is -1.92. The molecule has 0 aromatic carbocycles. The van der Waals surface area contributed by atoms with Gasteiger partial charge in [-0.15, -0.1) is 11.3 Å². The highest BCUT2D eigenvalue weighted by molar-refractivity contribution is 7.12. The van der Waals surface area contributed by atoms with Crippen molar-refractivity contribution in [1.29, 1.82) is 0 Å². The van der Waals surface area contributed by atoms with E-state index in [0.717, 1.165) is 18.8 Å². The van der Waals surface area contributed by atoms with Crippen molar-refractivity contribution in [3.63, 3.8) is 0 Å². The molecule has 0 atom stereocenters. The number of nitrogens with one attached hydrogen (secondary N) is 2. The molecule has 2 N–H and O–H groups in total. The van der Waals surface area contributed by atoms with Crippen molar-refractivity contribution in [3.05, 3.63) is 40.7 Å². The van der Waals surface area contributed by atoms with Crippen molar-refractivity contribution < 1.29 is 4.79 Å². The zero-order valence-electron chi connectivity index (χ0n) is 11.6. The zero-order valence-corrected chi connectivity index (χ0v) is 12.4. The molecule has 1 amide bonds. The number of likely N-dealkylation sites (N-methyl/N-ethyl adjacent to an activating group) is 1. The monoisotopic (exact) mass is 290 g/mol. The van der Waals surface area contributed by atoms with Crippen LogP contribution in [0.3, 0.4) is 0 Å². The lowest BCUT2D eigenvalue weighted by atomic mass is 10.3. The highest BCUT2D eigenvalue weighted by atomic mass is 32.1. The first-order valence-electron chi connectivity index (χ1n) is 6.34. The van der Waals surface area contributed by atoms with E-state index in [1.54, 1.807) is 18.3 Å². The third-order valence-electron chi connectivity index (χ3n) is 2.64. The molecular formula is C14H18N4OS. The van der Waals surface area contributed by atoms with Crippen LogP contribution in [0, 0.1) is 0 Å². The Morgan fingerprint density at radius 3 is 2.80 bits per heavy atom. The minimum atomic E-state index is -0.124. The van der Waals surface area contributed by atoms with E-state index < -0.39 is 0 Å². The Balaban J connectivity index is 1.87. The van der Waals surface area contributed by atoms with Crippen molar-refractivity contribution in [2.45, 2.75) is 0 Å². The molecule has 0 saturated carbocycles. The fraction of sp³-hybridized carbons (Fsp3) is 0.286. The summed E-state index contributed by atoms with van der Waals surface area (Å²) in [7, 11) is 4.06. The molecule has 0 unspecified atom stereocenters. The lowest BCUT2D eigenvalue weighted by Crippen LogP contribution is -2.20. The number of aromatic nitrogens is 1. The summed E-state index contributed by atoms with van der Waals surface area (Å²) in [5, 5.41) is 7.91. The summed E-state index contributed by atoms with van der Waals surface area (Å²) < 4.78 is 0. The summed E-state index contributed by atoms with van der Waals surface area (Å²) >= 11 is 1.41. The standard InChI is InChI=1S/C14H18N4OS/c1-18(2)8-7-15-11-5-6-13(16-10-11)17-14(19)12-4-3-9-20-12/h3-6,9-10,15H,7-8H2,1-2H3,(H,16,17,19). The van der Waals surface area contributed by atoms with Crippen LogP contribution in [0.5, 0.6) is 0 Å². The Kier molecular flexibility index (Phi) is 5.09. The highest BCUT2D eigenvalue weighted by Crippen LogP contribution is 2.13. The molecule has 5 nitrogen and oxygen atoms in total. The van der Waals surface area contributed by atoms with Gasteiger partial charge in [0.05, 0.1) is 16.8 Å². The van der Waals surface area contributed by atoms with Gasteiger partial charge in [-0.25, -0.2) is 4.98 Å². The average Bonchev–Trinajstić information content (AvgIpc) is 2.94. The molecule has 0 radical (unpaired) electrons. The van der Waals surface area contributed by atoms with Crippen molar-refractivity contribution in [3.8, 4) is 0 Å². The van der Waals surface area contributed by atoms with Gasteiger partial charge in [-0.05, 0) is 37.7 Å². The van der Waals surface area contributed by atoms with Gasteiger partial charge < -0.3 is 15.5 Å². The summed E-state index contributed by atoms with van der Waals surface area (Å²) in [6.07, 6.45) is 1.72. The smallest absolute Gasteiger partial charge is 0.266 e. The van der Waals surface area contributed by atoms with Crippen LogP contribution < -0.4 is 10.6 Å². The van der Waals surface area contributed by atoms with Crippen molar-refractivity contribution in [2.75, 3.05) is 37.8 Å². The Bertz CT molecular complexity index is 537. The molecule has 0 saturated heterocycles. The van der Waals surface area contributed by atoms with Gasteiger partial charge in [0.1, 0.15) is 5.82 Å². The fourth-order valence-corrected chi connectivity index (χ4v) is 2.20. The molecule has 106 valence electrons. The van der Waals surface area contributed by atoms with Crippen LogP contribution >= 0.6 is 11.3 Å². The molecule has 0 bridgehead atoms. The largest absolute Gasteiger partial charge is 0.383 e. The Morgan fingerprint density at radius 2 is 2.20 bits per heavy atom. The molecule has 6 heteroatoms. The topological polar surface area (TPSA) is 57.3 Å². The molecule has 0 spiro atoms. The molecule has 0 aliphatic carbocycles. The molecule has 0 aliphatic heterocycles. The van der Waals surface area contributed by atoms with Gasteiger partial charge in [0.2, 0.25) is 0 Å². The maximum absolute atomic E-state index is 11.8. The van der Waals surface area contributed by atoms with Crippen LogP contribution in [-0.4, -0.2) is 43.0 Å². The second kappa shape index (κ2) is 7.02. The van der Waals surface area contributed by atoms with E-state index in [1.807, 2.05) is 31.6 Å². The second-order valence-corrected chi connectivity index (χ2v) is 5.54. The average molecular weight is 290 g/mol. The molecule has 2 heterocycles. The molecular weight excluding hydrogens is 272 g/mol. The van der Waals surface area contributed by atoms with Gasteiger partial charge in [0.15, 0.2) is 0 Å². The molecule has 2 rings (SSSR count). The van der Waals surface area contributed by atoms with E-state index in [4.69, 9.17) is 0 Å². The second-order valence-electron chi connectivity index (χ2n) is 4.59. The number of pyridine rings is 1. The fourth-order valence-electron chi connectivity index (χ4n) is 1.58. The van der Waals surface area contributed by atoms with Gasteiger partial charge in [0, 0.05) is 13.1 Å². The van der Waals surface area contributed by atoms with Crippen LogP contribution in [0.1, 0.15) is 9.67 Å². The summed E-state index contributed by atoms with van der Waals surface area (Å²) in [6.45, 7) is 1.81. The number of nitrogens with zero attached hydrogens (tertiary/aromatic N) is 2. The number of carbonyl (C=O) groups excluding carboxylic acids is 1. The maximum atomic E-state index is 11.8. The Morgan fingerprint density at radius 1 is 1.35 bits per heavy atom. The number of rotatable bonds is 6. The van der Waals surface area contributed by atoms with Crippen LogP contribution in [0.15, 0.2) is 35.8 Å². The SMILES string of the molecule is CN(C)CCNc1ccc(NC(=O)c2cccs2)nc1. The number of carbonyl (C=O) groups is 1. The first-order valence-corrected chi connectivity index (χ1v) is 7.22. The summed E-state index contributed by atoms with van der Waals surface area (Å²) in [6, 6.07) is 7.35. The van der Waals surface area contributed by atoms with Gasteiger partial charge >= 0.3 is 0 Å². The summed E-state index contributed by atoms with van der Waals surface area (Å²) in [5.41, 5.74) is 0.945. The number of hydrogen-bond acceptors (Lipinski definition) is 5. The predicted molar refractivity (Wildman–Crippen MR) is 83.6 cm³/mol. The van der Waals surface area contributed by atoms with Crippen LogP contribution in [0.25, 0.3) is 0 Å². The van der Waals surface area contributed by atoms with Crippen LogP contribution in [0.4, 0.5) is 11.5 Å². The van der Waals surface area contributed by atoms with Crippen LogP contribution in [0.2, 0.25) is 0 Å². The van der Waals surface area contributed by atoms with E-state index >= 15 is 0 Å². The van der Waals surface area contributed by atoms with E-state index in [0.29, 0.717) is 10.7 Å². The Labute approximate surface area is 122 Å². The van der Waals surface area contributed by atoms with E-state index in [1.165, 1.54) is 11.3 Å². The normalized spacial score (nSPS) is 10.6. The summed E-state index contributed by atoms with van der Waals surface area (Å²) in [5.74, 6) is 0.433. The molecule has 0 fully saturated rings. The maximum Gasteiger partial charge on any atom is 0.266 e. The third-order valence-corrected chi connectivity index (χ3v) is 3.51. The minimum Gasteiger partial charge on any atom is -0.383 e. The quantitative estimate of drug-likeness (QED) is 0.857. The molecule has 2 aromatic rings. The van der Waals surface area contributed by atoms with Gasteiger partial charge in [-0.2, -0.15) is 0 Å². The van der Waals surface area contributed by atoms with Crippen molar-refractivity contribution >= 4 is 28.7 Å². The lowest BCUT2D eigenvalue weighted by Gasteiger charge is -2.11. The van der Waals surface area contributed by atoms with E-state index in [-0.39, 0.29) is 5.91 Å². The first kappa shape index (κ1) is 14.5. The molecule has 0 aliphatic rings. The predicted octanol–water partition coefficient (Wildman–Crippen LogP) is 2.37. The zero-order chi connectivity index (χ0) is 14.4. The minimum absolute atomic E-state index is 0.124. The van der Waals surface area contributed by atoms with Crippen molar-refractivity contribution in [2.24, 2.45) is 0 Å². The highest BCUT2D eigenvalue weighted by Gasteiger charge is 2.07. The number of anilines is 2. The number of thiophene rings is 1. The number of amides is 1. The summed E-state index contributed by atoms with van der Waals surface area (Å²) in [4.78, 5) is 18.9. The van der Waals surface area contributed by atoms with Gasteiger partial charge in [-0.1, -0.05) is 6.07 Å².